The van der Waals surface area contributed by atoms with Crippen molar-refractivity contribution in [3.8, 4) is 0 Å². The molecule has 0 bridgehead atoms. The van der Waals surface area contributed by atoms with Crippen molar-refractivity contribution in [2.45, 2.75) is 51.2 Å². The molecule has 0 amide bonds. The van der Waals surface area contributed by atoms with Crippen LogP contribution in [0.2, 0.25) is 0 Å². The molecule has 1 heterocycles. The number of nitrogens with zero attached hydrogens (tertiary/aromatic N) is 2. The average molecular weight is 275 g/mol. The molecule has 0 aromatic carbocycles. The Bertz CT molecular complexity index is 544. The maximum atomic E-state index is 12.3. The van der Waals surface area contributed by atoms with E-state index in [0.29, 0.717) is 11.4 Å². The minimum Gasteiger partial charge on any atom is -0.391 e. The second kappa shape index (κ2) is 4.64. The molecule has 0 saturated heterocycles. The van der Waals surface area contributed by atoms with Gasteiger partial charge in [-0.25, -0.2) is 13.1 Å². The highest BCUT2D eigenvalue weighted by Crippen LogP contribution is 2.21. The maximum absolute atomic E-state index is 12.3. The zero-order valence-electron chi connectivity index (χ0n) is 11.6. The molecule has 2 N–H and O–H groups in total. The van der Waals surface area contributed by atoms with Crippen LogP contribution in [0.3, 0.4) is 0 Å². The van der Waals surface area contributed by atoms with Gasteiger partial charge < -0.3 is 5.11 Å². The summed E-state index contributed by atoms with van der Waals surface area (Å²) in [5.41, 5.74) is 0.0818. The van der Waals surface area contributed by atoms with Crippen molar-refractivity contribution in [3.63, 3.8) is 0 Å². The van der Waals surface area contributed by atoms with Gasteiger partial charge >= 0.3 is 0 Å². The predicted octanol–water partition coefficient (Wildman–Crippen LogP) is 0.475. The minimum absolute atomic E-state index is 0.179. The van der Waals surface area contributed by atoms with Crippen LogP contribution < -0.4 is 4.72 Å². The standard InChI is InChI=1S/C11H21N3O3S/c1-7-10(8(2)14(6)12-7)18(16,17)13-11(4,5)9(3)15/h9,13,15H,1-6H3. The van der Waals surface area contributed by atoms with Gasteiger partial charge in [0.2, 0.25) is 10.0 Å². The second-order valence-corrected chi connectivity index (χ2v) is 6.75. The van der Waals surface area contributed by atoms with E-state index in [0.717, 1.165) is 0 Å². The van der Waals surface area contributed by atoms with E-state index in [2.05, 4.69) is 9.82 Å². The van der Waals surface area contributed by atoms with E-state index in [9.17, 15) is 13.5 Å². The first-order chi connectivity index (χ1) is 7.99. The minimum atomic E-state index is -3.70. The molecule has 104 valence electrons. The molecule has 0 aliphatic heterocycles. The fraction of sp³-hybridized carbons (Fsp3) is 0.727. The van der Waals surface area contributed by atoms with Gasteiger partial charge in [0.1, 0.15) is 4.90 Å². The van der Waals surface area contributed by atoms with Gasteiger partial charge in [0.15, 0.2) is 0 Å². The van der Waals surface area contributed by atoms with Crippen molar-refractivity contribution >= 4 is 10.0 Å². The average Bonchev–Trinajstić information content (AvgIpc) is 2.38. The highest BCUT2D eigenvalue weighted by molar-refractivity contribution is 7.89. The molecule has 0 spiro atoms. The fourth-order valence-corrected chi connectivity index (χ4v) is 3.54. The maximum Gasteiger partial charge on any atom is 0.244 e. The first-order valence-corrected chi connectivity index (χ1v) is 7.19. The number of rotatable bonds is 4. The van der Waals surface area contributed by atoms with Crippen molar-refractivity contribution in [3.05, 3.63) is 11.4 Å². The second-order valence-electron chi connectivity index (χ2n) is 5.13. The lowest BCUT2D eigenvalue weighted by Gasteiger charge is -2.28. The van der Waals surface area contributed by atoms with Crippen LogP contribution in [0.4, 0.5) is 0 Å². The van der Waals surface area contributed by atoms with Gasteiger partial charge in [-0.3, -0.25) is 4.68 Å². The Balaban J connectivity index is 3.24. The van der Waals surface area contributed by atoms with Crippen LogP contribution in [0.1, 0.15) is 32.2 Å². The molecule has 1 rings (SSSR count). The lowest BCUT2D eigenvalue weighted by Crippen LogP contribution is -2.50. The van der Waals surface area contributed by atoms with Crippen LogP contribution in [0, 0.1) is 13.8 Å². The first kappa shape index (κ1) is 15.1. The molecule has 0 radical (unpaired) electrons. The Kier molecular flexibility index (Phi) is 3.90. The number of aliphatic hydroxyl groups excluding tert-OH is 1. The molecule has 1 atom stereocenters. The lowest BCUT2D eigenvalue weighted by atomic mass is 10.0. The molecule has 0 fully saturated rings. The van der Waals surface area contributed by atoms with Gasteiger partial charge in [0.05, 0.1) is 23.0 Å². The van der Waals surface area contributed by atoms with E-state index in [1.54, 1.807) is 41.7 Å². The first-order valence-electron chi connectivity index (χ1n) is 5.71. The molecule has 1 aromatic heterocycles. The summed E-state index contributed by atoms with van der Waals surface area (Å²) in [6, 6.07) is 0. The molecule has 7 heteroatoms. The van der Waals surface area contributed by atoms with Crippen molar-refractivity contribution < 1.29 is 13.5 Å². The molecule has 0 aliphatic carbocycles. The number of nitrogens with one attached hydrogen (secondary N) is 1. The third-order valence-electron chi connectivity index (χ3n) is 3.15. The quantitative estimate of drug-likeness (QED) is 0.837. The smallest absolute Gasteiger partial charge is 0.244 e. The zero-order valence-corrected chi connectivity index (χ0v) is 12.5. The van der Waals surface area contributed by atoms with E-state index in [1.807, 2.05) is 0 Å². The van der Waals surface area contributed by atoms with Gasteiger partial charge in [-0.1, -0.05) is 0 Å². The molecular formula is C11H21N3O3S. The summed E-state index contributed by atoms with van der Waals surface area (Å²) in [6.45, 7) is 8.17. The van der Waals surface area contributed by atoms with Gasteiger partial charge in [-0.2, -0.15) is 5.10 Å². The van der Waals surface area contributed by atoms with E-state index in [-0.39, 0.29) is 4.90 Å². The van der Waals surface area contributed by atoms with E-state index < -0.39 is 21.7 Å². The number of hydrogen-bond acceptors (Lipinski definition) is 4. The van der Waals surface area contributed by atoms with Crippen molar-refractivity contribution in [1.82, 2.24) is 14.5 Å². The summed E-state index contributed by atoms with van der Waals surface area (Å²) in [5.74, 6) is 0. The lowest BCUT2D eigenvalue weighted by molar-refractivity contribution is 0.111. The largest absolute Gasteiger partial charge is 0.391 e. The highest BCUT2D eigenvalue weighted by Gasteiger charge is 2.33. The van der Waals surface area contributed by atoms with E-state index in [1.165, 1.54) is 4.68 Å². The van der Waals surface area contributed by atoms with Crippen molar-refractivity contribution in [2.24, 2.45) is 7.05 Å². The number of aromatic nitrogens is 2. The van der Waals surface area contributed by atoms with Crippen LogP contribution in [0.5, 0.6) is 0 Å². The molecular weight excluding hydrogens is 254 g/mol. The highest BCUT2D eigenvalue weighted by atomic mass is 32.2. The van der Waals surface area contributed by atoms with Crippen LogP contribution in [0.15, 0.2) is 4.90 Å². The van der Waals surface area contributed by atoms with Gasteiger partial charge in [-0.05, 0) is 34.6 Å². The molecule has 6 nitrogen and oxygen atoms in total. The molecule has 1 aromatic rings. The normalized spacial score (nSPS) is 14.8. The van der Waals surface area contributed by atoms with Crippen LogP contribution in [0.25, 0.3) is 0 Å². The Labute approximate surface area is 108 Å². The van der Waals surface area contributed by atoms with Gasteiger partial charge in [0, 0.05) is 7.05 Å². The van der Waals surface area contributed by atoms with E-state index >= 15 is 0 Å². The third-order valence-corrected chi connectivity index (χ3v) is 5.08. The number of aryl methyl sites for hydroxylation is 2. The number of aliphatic hydroxyl groups is 1. The fourth-order valence-electron chi connectivity index (χ4n) is 1.63. The monoisotopic (exact) mass is 275 g/mol. The van der Waals surface area contributed by atoms with Gasteiger partial charge in [-0.15, -0.1) is 0 Å². The molecule has 0 saturated carbocycles. The third kappa shape index (κ3) is 2.73. The summed E-state index contributed by atoms with van der Waals surface area (Å²) in [4.78, 5) is 0.179. The summed E-state index contributed by atoms with van der Waals surface area (Å²) in [5, 5.41) is 13.7. The SMILES string of the molecule is Cc1nn(C)c(C)c1S(=O)(=O)NC(C)(C)C(C)O. The molecule has 1 unspecified atom stereocenters. The van der Waals surface area contributed by atoms with Crippen molar-refractivity contribution in [1.29, 1.82) is 0 Å². The summed E-state index contributed by atoms with van der Waals surface area (Å²) in [7, 11) is -2.00. The molecule has 18 heavy (non-hydrogen) atoms. The Hall–Kier alpha value is -0.920. The predicted molar refractivity (Wildman–Crippen MR) is 68.8 cm³/mol. The van der Waals surface area contributed by atoms with Crippen LogP contribution in [-0.4, -0.2) is 34.9 Å². The Morgan fingerprint density at radius 2 is 1.89 bits per heavy atom. The van der Waals surface area contributed by atoms with Crippen molar-refractivity contribution in [2.75, 3.05) is 0 Å². The van der Waals surface area contributed by atoms with E-state index in [4.69, 9.17) is 0 Å². The van der Waals surface area contributed by atoms with Crippen LogP contribution in [-0.2, 0) is 17.1 Å². The number of sulfonamides is 1. The summed E-state index contributed by atoms with van der Waals surface area (Å²) >= 11 is 0. The Morgan fingerprint density at radius 3 is 2.22 bits per heavy atom. The Morgan fingerprint density at radius 1 is 1.39 bits per heavy atom. The summed E-state index contributed by atoms with van der Waals surface area (Å²) in [6.07, 6.45) is -0.801. The zero-order chi connectivity index (χ0) is 14.3. The number of hydrogen-bond donors (Lipinski definition) is 2. The topological polar surface area (TPSA) is 84.2 Å². The van der Waals surface area contributed by atoms with Gasteiger partial charge in [0.25, 0.3) is 0 Å². The molecule has 0 aliphatic rings. The van der Waals surface area contributed by atoms with Crippen LogP contribution >= 0.6 is 0 Å². The summed E-state index contributed by atoms with van der Waals surface area (Å²) < 4.78 is 28.7.